The van der Waals surface area contributed by atoms with Gasteiger partial charge in [-0.05, 0) is 32.2 Å². The van der Waals surface area contributed by atoms with E-state index in [1.807, 2.05) is 19.2 Å². The van der Waals surface area contributed by atoms with Gasteiger partial charge in [0.15, 0.2) is 11.6 Å². The molecule has 1 aromatic carbocycles. The molecule has 2 aromatic rings. The van der Waals surface area contributed by atoms with Gasteiger partial charge in [0, 0.05) is 31.4 Å². The molecule has 24 heavy (non-hydrogen) atoms. The fraction of sp³-hybridized carbons (Fsp3) is 0.333. The number of anilines is 1. The summed E-state index contributed by atoms with van der Waals surface area (Å²) in [5.41, 5.74) is 1.19. The third-order valence-corrected chi connectivity index (χ3v) is 4.00. The van der Waals surface area contributed by atoms with E-state index in [-0.39, 0.29) is 17.2 Å². The van der Waals surface area contributed by atoms with E-state index in [2.05, 4.69) is 9.88 Å². The van der Waals surface area contributed by atoms with Crippen LogP contribution in [0.2, 0.25) is 0 Å². The zero-order valence-corrected chi connectivity index (χ0v) is 13.8. The Balaban J connectivity index is 2.03. The minimum absolute atomic E-state index is 0.0000765. The molecule has 0 N–H and O–H groups in total. The highest BCUT2D eigenvalue weighted by Gasteiger charge is 2.27. The molecule has 0 aliphatic carbocycles. The summed E-state index contributed by atoms with van der Waals surface area (Å²) in [7, 11) is 2.00. The monoisotopic (exact) mass is 329 g/mol. The van der Waals surface area contributed by atoms with Gasteiger partial charge in [-0.2, -0.15) is 0 Å². The lowest BCUT2D eigenvalue weighted by atomic mass is 10.1. The van der Waals surface area contributed by atoms with Crippen LogP contribution in [0.25, 0.3) is 0 Å². The van der Waals surface area contributed by atoms with Crippen molar-refractivity contribution in [3.8, 4) is 5.75 Å². The molecule has 0 radical (unpaired) electrons. The number of hydrogen-bond acceptors (Lipinski definition) is 4. The van der Waals surface area contributed by atoms with Crippen LogP contribution in [0.4, 0.5) is 10.2 Å². The largest absolute Gasteiger partial charge is 0.490 e. The minimum Gasteiger partial charge on any atom is -0.490 e. The molecule has 6 heteroatoms. The normalized spacial score (nSPS) is 14.9. The van der Waals surface area contributed by atoms with Crippen LogP contribution in [-0.2, 0) is 6.54 Å². The molecule has 0 spiro atoms. The SMILES string of the molecule is CCOc1c(F)cccc1C(=O)N1CCN(C)Cc2cccnc21. The maximum atomic E-state index is 14.1. The van der Waals surface area contributed by atoms with Crippen molar-refractivity contribution < 1.29 is 13.9 Å². The molecule has 0 saturated heterocycles. The van der Waals surface area contributed by atoms with Crippen LogP contribution in [0, 0.1) is 5.82 Å². The Kier molecular flexibility index (Phi) is 4.76. The van der Waals surface area contributed by atoms with Crippen molar-refractivity contribution in [1.29, 1.82) is 0 Å². The average Bonchev–Trinajstić information content (AvgIpc) is 2.74. The standard InChI is InChI=1S/C18H20FN3O2/c1-3-24-16-14(7-4-8-15(16)19)18(23)22-11-10-21(2)12-13-6-5-9-20-17(13)22/h4-9H,3,10-12H2,1-2H3. The van der Waals surface area contributed by atoms with Gasteiger partial charge in [0.2, 0.25) is 0 Å². The van der Waals surface area contributed by atoms with Crippen molar-refractivity contribution in [2.24, 2.45) is 0 Å². The van der Waals surface area contributed by atoms with Crippen molar-refractivity contribution in [1.82, 2.24) is 9.88 Å². The highest BCUT2D eigenvalue weighted by molar-refractivity contribution is 6.07. The van der Waals surface area contributed by atoms with Crippen LogP contribution in [0.3, 0.4) is 0 Å². The van der Waals surface area contributed by atoms with Crippen LogP contribution in [-0.4, -0.2) is 42.5 Å². The molecular formula is C18H20FN3O2. The predicted octanol–water partition coefficient (Wildman–Crippen LogP) is 2.71. The third kappa shape index (κ3) is 3.10. The number of benzene rings is 1. The number of hydrogen-bond donors (Lipinski definition) is 0. The van der Waals surface area contributed by atoms with Crippen molar-refractivity contribution in [3.05, 3.63) is 53.5 Å². The van der Waals surface area contributed by atoms with E-state index in [9.17, 15) is 9.18 Å². The first-order valence-electron chi connectivity index (χ1n) is 7.97. The molecule has 0 bridgehead atoms. The quantitative estimate of drug-likeness (QED) is 0.869. The number of ether oxygens (including phenoxy) is 1. The number of carbonyl (C=O) groups is 1. The first-order chi connectivity index (χ1) is 11.6. The van der Waals surface area contributed by atoms with Gasteiger partial charge in [0.1, 0.15) is 5.82 Å². The van der Waals surface area contributed by atoms with Crippen LogP contribution < -0.4 is 9.64 Å². The molecule has 1 amide bonds. The smallest absolute Gasteiger partial charge is 0.263 e. The molecule has 0 fully saturated rings. The number of aromatic nitrogens is 1. The maximum Gasteiger partial charge on any atom is 0.263 e. The maximum absolute atomic E-state index is 14.1. The Morgan fingerprint density at radius 2 is 2.12 bits per heavy atom. The van der Waals surface area contributed by atoms with Gasteiger partial charge in [0.25, 0.3) is 5.91 Å². The highest BCUT2D eigenvalue weighted by atomic mass is 19.1. The summed E-state index contributed by atoms with van der Waals surface area (Å²) in [6, 6.07) is 8.22. The summed E-state index contributed by atoms with van der Waals surface area (Å²) in [6.45, 7) is 3.97. The summed E-state index contributed by atoms with van der Waals surface area (Å²) in [5, 5.41) is 0. The van der Waals surface area contributed by atoms with Crippen LogP contribution in [0.5, 0.6) is 5.75 Å². The first kappa shape index (κ1) is 16.4. The number of halogens is 1. The number of carbonyl (C=O) groups excluding carboxylic acids is 1. The van der Waals surface area contributed by atoms with E-state index >= 15 is 0 Å². The Hall–Kier alpha value is -2.47. The van der Waals surface area contributed by atoms with E-state index < -0.39 is 5.82 Å². The van der Waals surface area contributed by atoms with E-state index in [0.717, 1.165) is 5.56 Å². The Morgan fingerprint density at radius 1 is 1.29 bits per heavy atom. The van der Waals surface area contributed by atoms with Gasteiger partial charge in [-0.1, -0.05) is 12.1 Å². The van der Waals surface area contributed by atoms with Gasteiger partial charge in [-0.15, -0.1) is 0 Å². The summed E-state index contributed by atoms with van der Waals surface area (Å²) in [5.74, 6) is -0.206. The van der Waals surface area contributed by atoms with E-state index in [0.29, 0.717) is 32.1 Å². The second kappa shape index (κ2) is 6.97. The van der Waals surface area contributed by atoms with Crippen LogP contribution >= 0.6 is 0 Å². The molecule has 0 atom stereocenters. The number of para-hydroxylation sites is 1. The van der Waals surface area contributed by atoms with E-state index in [1.165, 1.54) is 12.1 Å². The second-order valence-electron chi connectivity index (χ2n) is 5.73. The molecule has 126 valence electrons. The Bertz CT molecular complexity index is 751. The third-order valence-electron chi connectivity index (χ3n) is 4.00. The number of nitrogens with zero attached hydrogens (tertiary/aromatic N) is 3. The molecule has 1 aliphatic rings. The first-order valence-corrected chi connectivity index (χ1v) is 7.97. The molecule has 5 nitrogen and oxygen atoms in total. The second-order valence-corrected chi connectivity index (χ2v) is 5.73. The molecule has 0 saturated carbocycles. The summed E-state index contributed by atoms with van der Waals surface area (Å²) in [6.07, 6.45) is 1.67. The van der Waals surface area contributed by atoms with Crippen LogP contribution in [0.1, 0.15) is 22.8 Å². The fourth-order valence-corrected chi connectivity index (χ4v) is 2.85. The summed E-state index contributed by atoms with van der Waals surface area (Å²) in [4.78, 5) is 21.2. The predicted molar refractivity (Wildman–Crippen MR) is 89.8 cm³/mol. The number of amides is 1. The number of rotatable bonds is 3. The van der Waals surface area contributed by atoms with Gasteiger partial charge < -0.3 is 9.64 Å². The zero-order chi connectivity index (χ0) is 17.1. The highest BCUT2D eigenvalue weighted by Crippen LogP contribution is 2.28. The van der Waals surface area contributed by atoms with Crippen molar-refractivity contribution in [2.75, 3.05) is 31.6 Å². The topological polar surface area (TPSA) is 45.7 Å². The molecule has 0 unspecified atom stereocenters. The lowest BCUT2D eigenvalue weighted by Crippen LogP contribution is -2.36. The fourth-order valence-electron chi connectivity index (χ4n) is 2.85. The zero-order valence-electron chi connectivity index (χ0n) is 13.8. The molecule has 1 aromatic heterocycles. The van der Waals surface area contributed by atoms with Crippen molar-refractivity contribution in [3.63, 3.8) is 0 Å². The van der Waals surface area contributed by atoms with Crippen LogP contribution in [0.15, 0.2) is 36.5 Å². The van der Waals surface area contributed by atoms with Crippen molar-refractivity contribution >= 4 is 11.7 Å². The number of fused-ring (bicyclic) bond motifs is 1. The molecule has 3 rings (SSSR count). The lowest BCUT2D eigenvalue weighted by molar-refractivity contribution is 0.0980. The minimum atomic E-state index is -0.532. The number of pyridine rings is 1. The average molecular weight is 329 g/mol. The molecular weight excluding hydrogens is 309 g/mol. The van der Waals surface area contributed by atoms with Gasteiger partial charge in [-0.3, -0.25) is 9.69 Å². The van der Waals surface area contributed by atoms with Crippen molar-refractivity contribution in [2.45, 2.75) is 13.5 Å². The van der Waals surface area contributed by atoms with E-state index in [1.54, 1.807) is 24.1 Å². The lowest BCUT2D eigenvalue weighted by Gasteiger charge is -2.22. The van der Waals surface area contributed by atoms with E-state index in [4.69, 9.17) is 4.74 Å². The molecule has 1 aliphatic heterocycles. The Morgan fingerprint density at radius 3 is 2.92 bits per heavy atom. The number of likely N-dealkylation sites (N-methyl/N-ethyl adjacent to an activating group) is 1. The summed E-state index contributed by atoms with van der Waals surface area (Å²) >= 11 is 0. The van der Waals surface area contributed by atoms with Gasteiger partial charge >= 0.3 is 0 Å². The summed E-state index contributed by atoms with van der Waals surface area (Å²) < 4.78 is 19.5. The molecule has 2 heterocycles. The van der Waals surface area contributed by atoms with Gasteiger partial charge in [-0.25, -0.2) is 9.37 Å². The Labute approximate surface area is 140 Å². The van der Waals surface area contributed by atoms with Gasteiger partial charge in [0.05, 0.1) is 12.2 Å².